The average Bonchev–Trinajstić information content (AvgIpc) is 3.03. The summed E-state index contributed by atoms with van der Waals surface area (Å²) in [6.45, 7) is 5.36. The third-order valence-electron chi connectivity index (χ3n) is 4.99. The Balaban J connectivity index is 1.87. The van der Waals surface area contributed by atoms with Crippen LogP contribution >= 0.6 is 11.3 Å². The second-order valence-corrected chi connectivity index (χ2v) is 9.91. The molecule has 0 aliphatic carbocycles. The molecule has 0 unspecified atom stereocenters. The second kappa shape index (κ2) is 8.76. The molecule has 1 aromatic carbocycles. The molecular formula is C19H25N3O5S2. The van der Waals surface area contributed by atoms with Gasteiger partial charge in [-0.1, -0.05) is 11.3 Å². The Bertz CT molecular complexity index is 1090. The van der Waals surface area contributed by atoms with Crippen molar-refractivity contribution in [1.82, 2.24) is 8.87 Å². The molecule has 1 amide bonds. The van der Waals surface area contributed by atoms with Crippen molar-refractivity contribution in [2.24, 2.45) is 10.9 Å². The van der Waals surface area contributed by atoms with Crippen LogP contribution in [0.5, 0.6) is 0 Å². The molecule has 0 radical (unpaired) electrons. The number of esters is 1. The summed E-state index contributed by atoms with van der Waals surface area (Å²) in [7, 11) is -3.23. The molecule has 0 spiro atoms. The van der Waals surface area contributed by atoms with Gasteiger partial charge in [0.15, 0.2) is 4.80 Å². The van der Waals surface area contributed by atoms with Gasteiger partial charge < -0.3 is 9.30 Å². The van der Waals surface area contributed by atoms with E-state index in [0.29, 0.717) is 49.4 Å². The number of rotatable bonds is 5. The highest BCUT2D eigenvalue weighted by Gasteiger charge is 2.29. The van der Waals surface area contributed by atoms with Crippen LogP contribution in [0.2, 0.25) is 0 Å². The molecule has 29 heavy (non-hydrogen) atoms. The van der Waals surface area contributed by atoms with Crippen LogP contribution in [-0.2, 0) is 26.1 Å². The zero-order valence-electron chi connectivity index (χ0n) is 16.8. The van der Waals surface area contributed by atoms with Crippen molar-refractivity contribution in [1.29, 1.82) is 0 Å². The minimum atomic E-state index is -3.23. The number of fused-ring (bicyclic) bond motifs is 1. The van der Waals surface area contributed by atoms with E-state index in [0.717, 1.165) is 10.2 Å². The van der Waals surface area contributed by atoms with Crippen LogP contribution < -0.4 is 4.80 Å². The van der Waals surface area contributed by atoms with Crippen LogP contribution in [0, 0.1) is 5.92 Å². The lowest BCUT2D eigenvalue weighted by atomic mass is 9.98. The standard InChI is InChI=1S/C19H25N3O5S2/c1-4-22-15-7-6-14(18(24)27-5-2)12-16(15)28-19(22)20-17(23)13-8-10-21(11-9-13)29(3,25)26/h6-7,12-13H,4-5,8-11H2,1-3H3. The number of carbonyl (C=O) groups is 2. The number of hydrogen-bond donors (Lipinski definition) is 0. The minimum absolute atomic E-state index is 0.225. The molecule has 2 aromatic rings. The highest BCUT2D eigenvalue weighted by Crippen LogP contribution is 2.22. The maximum Gasteiger partial charge on any atom is 0.338 e. The molecule has 1 fully saturated rings. The van der Waals surface area contributed by atoms with Crippen molar-refractivity contribution in [3.05, 3.63) is 28.6 Å². The molecule has 10 heteroatoms. The van der Waals surface area contributed by atoms with Gasteiger partial charge in [0.25, 0.3) is 5.91 Å². The van der Waals surface area contributed by atoms with Gasteiger partial charge in [-0.15, -0.1) is 0 Å². The van der Waals surface area contributed by atoms with E-state index >= 15 is 0 Å². The van der Waals surface area contributed by atoms with Crippen molar-refractivity contribution in [2.75, 3.05) is 26.0 Å². The Morgan fingerprint density at radius 3 is 2.52 bits per heavy atom. The molecule has 1 aromatic heterocycles. The second-order valence-electron chi connectivity index (χ2n) is 6.92. The number of sulfonamides is 1. The lowest BCUT2D eigenvalue weighted by Gasteiger charge is -2.28. The van der Waals surface area contributed by atoms with E-state index in [9.17, 15) is 18.0 Å². The van der Waals surface area contributed by atoms with E-state index in [1.54, 1.807) is 19.1 Å². The fourth-order valence-electron chi connectivity index (χ4n) is 3.43. The molecule has 3 rings (SSSR count). The average molecular weight is 440 g/mol. The number of nitrogens with zero attached hydrogens (tertiary/aromatic N) is 3. The maximum absolute atomic E-state index is 12.7. The lowest BCUT2D eigenvalue weighted by Crippen LogP contribution is -2.39. The Kier molecular flexibility index (Phi) is 6.55. The summed E-state index contributed by atoms with van der Waals surface area (Å²) < 4.78 is 32.5. The summed E-state index contributed by atoms with van der Waals surface area (Å²) in [5.41, 5.74) is 1.37. The molecule has 2 heterocycles. The fourth-order valence-corrected chi connectivity index (χ4v) is 5.44. The van der Waals surface area contributed by atoms with Gasteiger partial charge in [0.1, 0.15) is 0 Å². The predicted molar refractivity (Wildman–Crippen MR) is 111 cm³/mol. The largest absolute Gasteiger partial charge is 0.462 e. The fraction of sp³-hybridized carbons (Fsp3) is 0.526. The number of aryl methyl sites for hydroxylation is 1. The number of hydrogen-bond acceptors (Lipinski definition) is 6. The number of benzene rings is 1. The summed E-state index contributed by atoms with van der Waals surface area (Å²) in [6.07, 6.45) is 2.13. The SMILES string of the molecule is CCOC(=O)c1ccc2c(c1)sc(=NC(=O)C1CCN(S(C)(=O)=O)CC1)n2CC. The Morgan fingerprint density at radius 1 is 1.24 bits per heavy atom. The van der Waals surface area contributed by atoms with Crippen molar-refractivity contribution >= 4 is 43.5 Å². The summed E-state index contributed by atoms with van der Waals surface area (Å²) in [5.74, 6) is -0.880. The monoisotopic (exact) mass is 439 g/mol. The quantitative estimate of drug-likeness (QED) is 0.664. The lowest BCUT2D eigenvalue weighted by molar-refractivity contribution is -0.122. The van der Waals surface area contributed by atoms with E-state index in [1.165, 1.54) is 21.9 Å². The molecule has 1 saturated heterocycles. The highest BCUT2D eigenvalue weighted by molar-refractivity contribution is 7.88. The van der Waals surface area contributed by atoms with Gasteiger partial charge in [0.2, 0.25) is 10.0 Å². The first kappa shape index (κ1) is 21.7. The first-order chi connectivity index (χ1) is 13.7. The van der Waals surface area contributed by atoms with Crippen LogP contribution in [0.25, 0.3) is 10.2 Å². The minimum Gasteiger partial charge on any atom is -0.462 e. The summed E-state index contributed by atoms with van der Waals surface area (Å²) in [6, 6.07) is 5.32. The van der Waals surface area contributed by atoms with Gasteiger partial charge >= 0.3 is 5.97 Å². The number of piperidine rings is 1. The van der Waals surface area contributed by atoms with Crippen LogP contribution in [0.3, 0.4) is 0 Å². The molecule has 158 valence electrons. The molecule has 8 nitrogen and oxygen atoms in total. The summed E-state index contributed by atoms with van der Waals surface area (Å²) >= 11 is 1.36. The van der Waals surface area contributed by atoms with Crippen molar-refractivity contribution in [2.45, 2.75) is 33.2 Å². The maximum atomic E-state index is 12.7. The van der Waals surface area contributed by atoms with E-state index in [-0.39, 0.29) is 17.8 Å². The van der Waals surface area contributed by atoms with E-state index < -0.39 is 10.0 Å². The number of aromatic nitrogens is 1. The van der Waals surface area contributed by atoms with E-state index in [2.05, 4.69) is 4.99 Å². The normalized spacial score (nSPS) is 17.0. The van der Waals surface area contributed by atoms with Crippen LogP contribution in [-0.4, -0.2) is 55.1 Å². The van der Waals surface area contributed by atoms with Crippen molar-refractivity contribution < 1.29 is 22.7 Å². The van der Waals surface area contributed by atoms with Gasteiger partial charge in [-0.2, -0.15) is 4.99 Å². The highest BCUT2D eigenvalue weighted by atomic mass is 32.2. The van der Waals surface area contributed by atoms with Crippen LogP contribution in [0.15, 0.2) is 23.2 Å². The van der Waals surface area contributed by atoms with Crippen molar-refractivity contribution in [3.63, 3.8) is 0 Å². The molecule has 0 bridgehead atoms. The zero-order chi connectivity index (χ0) is 21.2. The van der Waals surface area contributed by atoms with Gasteiger partial charge in [-0.05, 0) is 44.9 Å². The topological polar surface area (TPSA) is 98.0 Å². The number of ether oxygens (including phenoxy) is 1. The smallest absolute Gasteiger partial charge is 0.338 e. The Morgan fingerprint density at radius 2 is 1.93 bits per heavy atom. The van der Waals surface area contributed by atoms with E-state index in [4.69, 9.17) is 4.74 Å². The van der Waals surface area contributed by atoms with Gasteiger partial charge in [-0.3, -0.25) is 4.79 Å². The third-order valence-corrected chi connectivity index (χ3v) is 7.33. The summed E-state index contributed by atoms with van der Waals surface area (Å²) in [4.78, 5) is 29.6. The molecule has 1 aliphatic rings. The van der Waals surface area contributed by atoms with Gasteiger partial charge in [0.05, 0.1) is 28.6 Å². The molecule has 0 N–H and O–H groups in total. The van der Waals surface area contributed by atoms with E-state index in [1.807, 2.05) is 17.6 Å². The zero-order valence-corrected chi connectivity index (χ0v) is 18.4. The van der Waals surface area contributed by atoms with Gasteiger partial charge in [0, 0.05) is 25.6 Å². The molecular weight excluding hydrogens is 414 g/mol. The number of thiazole rings is 1. The molecule has 0 saturated carbocycles. The predicted octanol–water partition coefficient (Wildman–Crippen LogP) is 2.00. The van der Waals surface area contributed by atoms with Gasteiger partial charge in [-0.25, -0.2) is 17.5 Å². The summed E-state index contributed by atoms with van der Waals surface area (Å²) in [5, 5.41) is 0. The first-order valence-electron chi connectivity index (χ1n) is 9.58. The Labute approximate surface area is 173 Å². The Hall–Kier alpha value is -2.04. The number of amides is 1. The van der Waals surface area contributed by atoms with Crippen molar-refractivity contribution in [3.8, 4) is 0 Å². The molecule has 1 aliphatic heterocycles. The van der Waals surface area contributed by atoms with Crippen LogP contribution in [0.4, 0.5) is 0 Å². The third kappa shape index (κ3) is 4.76. The first-order valence-corrected chi connectivity index (χ1v) is 12.2. The number of carbonyl (C=O) groups excluding carboxylic acids is 2. The molecule has 0 atom stereocenters. The van der Waals surface area contributed by atoms with Crippen LogP contribution in [0.1, 0.15) is 37.0 Å².